The van der Waals surface area contributed by atoms with Gasteiger partial charge in [-0.2, -0.15) is 0 Å². The van der Waals surface area contributed by atoms with Crippen LogP contribution in [-0.2, 0) is 0 Å². The minimum atomic E-state index is 0.901. The van der Waals surface area contributed by atoms with Crippen LogP contribution < -0.4 is 0 Å². The fourth-order valence-electron chi connectivity index (χ4n) is 7.10. The molecule has 218 valence electrons. The Labute approximate surface area is 269 Å². The molecule has 0 aliphatic rings. The SMILES string of the molecule is c1ccc2nc(-c3ccc(-c4ccc5c(c4)c4c6ccccc6ccc4n5-c4cc5cccnc5c5ncccc45)nc3)ccc2c1. The second kappa shape index (κ2) is 10.0. The van der Waals surface area contributed by atoms with E-state index in [1.807, 2.05) is 48.9 Å². The lowest BCUT2D eigenvalue weighted by Gasteiger charge is -2.13. The summed E-state index contributed by atoms with van der Waals surface area (Å²) < 4.78 is 2.39. The van der Waals surface area contributed by atoms with Gasteiger partial charge in [-0.1, -0.05) is 66.7 Å². The zero-order valence-corrected chi connectivity index (χ0v) is 25.2. The first-order valence-corrected chi connectivity index (χ1v) is 15.7. The highest BCUT2D eigenvalue weighted by atomic mass is 15.0. The van der Waals surface area contributed by atoms with E-state index in [9.17, 15) is 0 Å². The number of hydrogen-bond donors (Lipinski definition) is 0. The van der Waals surface area contributed by atoms with E-state index < -0.39 is 0 Å². The van der Waals surface area contributed by atoms with Crippen molar-refractivity contribution in [3.8, 4) is 28.2 Å². The molecule has 5 heteroatoms. The molecule has 5 nitrogen and oxygen atoms in total. The predicted molar refractivity (Wildman–Crippen MR) is 193 cm³/mol. The fraction of sp³-hybridized carbons (Fsp3) is 0. The monoisotopic (exact) mass is 599 g/mol. The van der Waals surface area contributed by atoms with E-state index in [0.29, 0.717) is 0 Å². The van der Waals surface area contributed by atoms with Gasteiger partial charge in [-0.05, 0) is 77.5 Å². The molecule has 0 N–H and O–H groups in total. The van der Waals surface area contributed by atoms with Crippen molar-refractivity contribution in [2.75, 3.05) is 0 Å². The molecule has 47 heavy (non-hydrogen) atoms. The quantitative estimate of drug-likeness (QED) is 0.190. The van der Waals surface area contributed by atoms with Crippen LogP contribution in [0.15, 0.2) is 152 Å². The predicted octanol–water partition coefficient (Wildman–Crippen LogP) is 10.3. The van der Waals surface area contributed by atoms with Crippen LogP contribution in [0.25, 0.3) is 93.5 Å². The van der Waals surface area contributed by atoms with Crippen molar-refractivity contribution in [1.29, 1.82) is 0 Å². The maximum absolute atomic E-state index is 4.93. The molecule has 5 aromatic carbocycles. The highest BCUT2D eigenvalue weighted by molar-refractivity contribution is 6.22. The Morgan fingerprint density at radius 3 is 2.09 bits per heavy atom. The second-order valence-electron chi connectivity index (χ2n) is 11.9. The molecular weight excluding hydrogens is 574 g/mol. The van der Waals surface area contributed by atoms with Gasteiger partial charge in [0.1, 0.15) is 0 Å². The van der Waals surface area contributed by atoms with E-state index in [-0.39, 0.29) is 0 Å². The van der Waals surface area contributed by atoms with Crippen LogP contribution in [-0.4, -0.2) is 24.5 Å². The van der Waals surface area contributed by atoms with Gasteiger partial charge in [-0.3, -0.25) is 15.0 Å². The summed E-state index contributed by atoms with van der Waals surface area (Å²) in [6.07, 6.45) is 5.61. The maximum atomic E-state index is 4.93. The molecule has 0 aliphatic carbocycles. The van der Waals surface area contributed by atoms with Gasteiger partial charge < -0.3 is 4.57 Å². The average Bonchev–Trinajstić information content (AvgIpc) is 3.48. The largest absolute Gasteiger partial charge is 0.309 e. The van der Waals surface area contributed by atoms with Crippen molar-refractivity contribution in [3.05, 3.63) is 152 Å². The van der Waals surface area contributed by atoms with E-state index in [1.165, 1.54) is 21.5 Å². The van der Waals surface area contributed by atoms with Crippen molar-refractivity contribution in [3.63, 3.8) is 0 Å². The molecule has 10 rings (SSSR count). The number of pyridine rings is 4. The first-order chi connectivity index (χ1) is 23.3. The normalized spacial score (nSPS) is 11.8. The van der Waals surface area contributed by atoms with Crippen LogP contribution in [0.3, 0.4) is 0 Å². The summed E-state index contributed by atoms with van der Waals surface area (Å²) in [6, 6.07) is 46.9. The lowest BCUT2D eigenvalue weighted by molar-refractivity contribution is 1.20. The molecule has 0 bridgehead atoms. The molecule has 5 aromatic heterocycles. The number of para-hydroxylation sites is 1. The van der Waals surface area contributed by atoms with Crippen molar-refractivity contribution in [1.82, 2.24) is 24.5 Å². The summed E-state index contributed by atoms with van der Waals surface area (Å²) in [7, 11) is 0. The van der Waals surface area contributed by atoms with Crippen molar-refractivity contribution in [2.45, 2.75) is 0 Å². The number of rotatable bonds is 3. The minimum absolute atomic E-state index is 0.901. The number of aromatic nitrogens is 5. The molecule has 0 saturated heterocycles. The van der Waals surface area contributed by atoms with Gasteiger partial charge >= 0.3 is 0 Å². The third-order valence-electron chi connectivity index (χ3n) is 9.29. The van der Waals surface area contributed by atoms with Gasteiger partial charge in [0.2, 0.25) is 0 Å². The molecule has 0 radical (unpaired) electrons. The molecule has 0 fully saturated rings. The zero-order valence-electron chi connectivity index (χ0n) is 25.2. The van der Waals surface area contributed by atoms with E-state index in [4.69, 9.17) is 19.9 Å². The van der Waals surface area contributed by atoms with Crippen LogP contribution in [0.1, 0.15) is 0 Å². The fourth-order valence-corrected chi connectivity index (χ4v) is 7.10. The Kier molecular flexibility index (Phi) is 5.51. The summed E-state index contributed by atoms with van der Waals surface area (Å²) in [5, 5.41) is 8.09. The van der Waals surface area contributed by atoms with Crippen LogP contribution >= 0.6 is 0 Å². The standard InChI is InChI=1S/C42H25N5/c1-3-10-31-26(7-1)15-20-38-40(31)33-23-28(34-17-14-30(25-45-34)36-18-13-27-8-2-4-12-35(27)46-36)16-19-37(33)47(38)39-24-29-9-5-21-43-41(29)42-32(39)11-6-22-44-42/h1-25H. The van der Waals surface area contributed by atoms with E-state index in [1.54, 1.807) is 0 Å². The topological polar surface area (TPSA) is 56.5 Å². The first kappa shape index (κ1) is 25.8. The van der Waals surface area contributed by atoms with Gasteiger partial charge in [0.15, 0.2) is 0 Å². The molecule has 0 aliphatic heterocycles. The molecule has 0 saturated carbocycles. The van der Waals surface area contributed by atoms with Gasteiger partial charge in [0.25, 0.3) is 0 Å². The van der Waals surface area contributed by atoms with Gasteiger partial charge in [-0.25, -0.2) is 4.98 Å². The molecular formula is C42H25N5. The summed E-state index contributed by atoms with van der Waals surface area (Å²) in [5.74, 6) is 0. The Balaban J connectivity index is 1.20. The molecule has 0 spiro atoms. The minimum Gasteiger partial charge on any atom is -0.309 e. The highest BCUT2D eigenvalue weighted by Gasteiger charge is 2.19. The lowest BCUT2D eigenvalue weighted by atomic mass is 10.0. The zero-order chi connectivity index (χ0) is 30.9. The van der Waals surface area contributed by atoms with Gasteiger partial charge in [0.05, 0.1) is 44.7 Å². The van der Waals surface area contributed by atoms with Crippen molar-refractivity contribution in [2.24, 2.45) is 0 Å². The van der Waals surface area contributed by atoms with Crippen LogP contribution in [0.4, 0.5) is 0 Å². The van der Waals surface area contributed by atoms with Crippen LogP contribution in [0.5, 0.6) is 0 Å². The summed E-state index contributed by atoms with van der Waals surface area (Å²) >= 11 is 0. The second-order valence-corrected chi connectivity index (χ2v) is 11.9. The smallest absolute Gasteiger partial charge is 0.0985 e. The first-order valence-electron chi connectivity index (χ1n) is 15.7. The number of benzene rings is 5. The molecule has 0 amide bonds. The van der Waals surface area contributed by atoms with E-state index in [0.717, 1.165) is 71.9 Å². The lowest BCUT2D eigenvalue weighted by Crippen LogP contribution is -1.97. The molecule has 10 aromatic rings. The summed E-state index contributed by atoms with van der Waals surface area (Å²) in [4.78, 5) is 19.3. The number of hydrogen-bond acceptors (Lipinski definition) is 4. The average molecular weight is 600 g/mol. The summed E-state index contributed by atoms with van der Waals surface area (Å²) in [5.41, 5.74) is 10.1. The Morgan fingerprint density at radius 1 is 0.447 bits per heavy atom. The molecule has 0 atom stereocenters. The van der Waals surface area contributed by atoms with E-state index in [2.05, 4.69) is 108 Å². The third-order valence-corrected chi connectivity index (χ3v) is 9.29. The van der Waals surface area contributed by atoms with Crippen molar-refractivity contribution >= 4 is 65.3 Å². The van der Waals surface area contributed by atoms with Crippen molar-refractivity contribution < 1.29 is 0 Å². The van der Waals surface area contributed by atoms with Crippen LogP contribution in [0, 0.1) is 0 Å². The molecule has 0 unspecified atom stereocenters. The van der Waals surface area contributed by atoms with Gasteiger partial charge in [-0.15, -0.1) is 0 Å². The van der Waals surface area contributed by atoms with Crippen LogP contribution in [0.2, 0.25) is 0 Å². The third kappa shape index (κ3) is 3.97. The maximum Gasteiger partial charge on any atom is 0.0985 e. The number of nitrogens with zero attached hydrogens (tertiary/aromatic N) is 5. The number of fused-ring (bicyclic) bond motifs is 9. The Bertz CT molecular complexity index is 2850. The Hall–Kier alpha value is -6.46. The van der Waals surface area contributed by atoms with Gasteiger partial charge in [0, 0.05) is 56.6 Å². The molecule has 5 heterocycles. The van der Waals surface area contributed by atoms with E-state index >= 15 is 0 Å². The Morgan fingerprint density at radius 2 is 1.17 bits per heavy atom. The summed E-state index contributed by atoms with van der Waals surface area (Å²) in [6.45, 7) is 0. The highest BCUT2D eigenvalue weighted by Crippen LogP contribution is 2.41.